The predicted octanol–water partition coefficient (Wildman–Crippen LogP) is 5.32. The quantitative estimate of drug-likeness (QED) is 0.412. The summed E-state index contributed by atoms with van der Waals surface area (Å²) in [5.41, 5.74) is 6.04. The number of fused-ring (bicyclic) bond motifs is 1. The second kappa shape index (κ2) is 11.0. The first-order chi connectivity index (χ1) is 17.6. The van der Waals surface area contributed by atoms with E-state index >= 15 is 0 Å². The van der Waals surface area contributed by atoms with E-state index in [0.29, 0.717) is 12.0 Å². The molecule has 0 aromatic carbocycles. The number of nitrogens with zero attached hydrogens (tertiary/aromatic N) is 6. The van der Waals surface area contributed by atoms with Crippen LogP contribution < -0.4 is 0 Å². The monoisotopic (exact) mass is 484 g/mol. The van der Waals surface area contributed by atoms with Crippen LogP contribution in [0, 0.1) is 5.92 Å². The molecule has 0 radical (unpaired) electrons. The molecule has 1 saturated heterocycles. The lowest BCUT2D eigenvalue weighted by atomic mass is 9.91. The first-order valence-electron chi connectivity index (χ1n) is 13.4. The summed E-state index contributed by atoms with van der Waals surface area (Å²) in [5.74, 6) is 1.69. The Bertz CT molecular complexity index is 1200. The van der Waals surface area contributed by atoms with Crippen molar-refractivity contribution in [2.45, 2.75) is 57.8 Å². The highest BCUT2D eigenvalue weighted by molar-refractivity contribution is 5.58. The lowest BCUT2D eigenvalue weighted by Gasteiger charge is -2.34. The largest absolute Gasteiger partial charge is 0.353 e. The Hall–Kier alpha value is -2.96. The third-order valence-corrected chi connectivity index (χ3v) is 8.07. The average molecular weight is 485 g/mol. The van der Waals surface area contributed by atoms with Gasteiger partial charge in [0.2, 0.25) is 0 Å². The number of likely N-dealkylation sites (tertiary alicyclic amines) is 1. The van der Waals surface area contributed by atoms with Gasteiger partial charge in [0.15, 0.2) is 0 Å². The summed E-state index contributed by atoms with van der Waals surface area (Å²) in [6, 6.07) is 9.00. The van der Waals surface area contributed by atoms with Crippen LogP contribution in [-0.4, -0.2) is 49.0 Å². The van der Waals surface area contributed by atoms with Crippen LogP contribution in [0.2, 0.25) is 0 Å². The molecule has 2 aliphatic rings. The SMILES string of the molecule is C=Cc1nc(CN(C)[C@H]2CCCc3cccnc32)n(C[C@H]2CCCN(Cc3cccn3C)C2)c1C=C. The minimum Gasteiger partial charge on any atom is -0.353 e. The Morgan fingerprint density at radius 2 is 2.03 bits per heavy atom. The summed E-state index contributed by atoms with van der Waals surface area (Å²) in [6.07, 6.45) is 13.9. The fraction of sp³-hybridized carbons (Fsp3) is 0.467. The van der Waals surface area contributed by atoms with Crippen LogP contribution >= 0.6 is 0 Å². The molecule has 0 bridgehead atoms. The van der Waals surface area contributed by atoms with Crippen LogP contribution in [0.5, 0.6) is 0 Å². The molecule has 2 atom stereocenters. The van der Waals surface area contributed by atoms with Gasteiger partial charge in [-0.1, -0.05) is 19.2 Å². The van der Waals surface area contributed by atoms with E-state index in [-0.39, 0.29) is 0 Å². The van der Waals surface area contributed by atoms with Gasteiger partial charge in [-0.2, -0.15) is 0 Å². The third kappa shape index (κ3) is 5.11. The molecule has 0 amide bonds. The maximum absolute atomic E-state index is 5.04. The molecule has 1 aliphatic heterocycles. The molecule has 6 nitrogen and oxygen atoms in total. The lowest BCUT2D eigenvalue weighted by molar-refractivity contribution is 0.150. The van der Waals surface area contributed by atoms with Gasteiger partial charge in [0.05, 0.1) is 29.7 Å². The van der Waals surface area contributed by atoms with Crippen molar-refractivity contribution in [3.05, 3.63) is 84.0 Å². The highest BCUT2D eigenvalue weighted by atomic mass is 15.2. The maximum atomic E-state index is 5.04. The number of aryl methyl sites for hydroxylation is 2. The second-order valence-electron chi connectivity index (χ2n) is 10.5. The Morgan fingerprint density at radius 3 is 2.81 bits per heavy atom. The number of rotatable bonds is 9. The van der Waals surface area contributed by atoms with E-state index < -0.39 is 0 Å². The summed E-state index contributed by atoms with van der Waals surface area (Å²) in [4.78, 5) is 14.9. The summed E-state index contributed by atoms with van der Waals surface area (Å²) >= 11 is 0. The molecule has 0 spiro atoms. The van der Waals surface area contributed by atoms with E-state index in [4.69, 9.17) is 9.97 Å². The Kier molecular flexibility index (Phi) is 7.54. The van der Waals surface area contributed by atoms with E-state index in [0.717, 1.165) is 56.2 Å². The number of imidazole rings is 1. The lowest BCUT2D eigenvalue weighted by Crippen LogP contribution is -2.37. The van der Waals surface area contributed by atoms with Crippen LogP contribution in [0.15, 0.2) is 49.8 Å². The van der Waals surface area contributed by atoms with Gasteiger partial charge in [0.1, 0.15) is 5.82 Å². The van der Waals surface area contributed by atoms with Crippen molar-refractivity contribution in [3.8, 4) is 0 Å². The van der Waals surface area contributed by atoms with E-state index in [1.807, 2.05) is 18.3 Å². The normalized spacial score (nSPS) is 20.4. The first-order valence-corrected chi connectivity index (χ1v) is 13.4. The standard InChI is InChI=1S/C30H40N6/c1-5-26-27(6-2)36(20-23-11-9-18-35(19-23)21-25-14-10-17-33(25)3)29(32-26)22-34(4)28-15-7-12-24-13-8-16-31-30(24)28/h5-6,8,10,13-14,16-17,23,28H,1-2,7,9,11-12,15,18-22H2,3-4H3/t23-,28-/m0/s1. The zero-order valence-corrected chi connectivity index (χ0v) is 21.9. The van der Waals surface area contributed by atoms with Crippen LogP contribution in [-0.2, 0) is 33.1 Å². The van der Waals surface area contributed by atoms with E-state index in [1.165, 1.54) is 42.8 Å². The average Bonchev–Trinajstić information content (AvgIpc) is 3.45. The number of aromatic nitrogens is 4. The zero-order valence-electron chi connectivity index (χ0n) is 21.9. The zero-order chi connectivity index (χ0) is 25.1. The molecule has 3 aromatic rings. The predicted molar refractivity (Wildman–Crippen MR) is 147 cm³/mol. The van der Waals surface area contributed by atoms with Crippen molar-refractivity contribution in [2.24, 2.45) is 13.0 Å². The smallest absolute Gasteiger partial charge is 0.124 e. The molecule has 1 fully saturated rings. The summed E-state index contributed by atoms with van der Waals surface area (Å²) in [7, 11) is 4.36. The van der Waals surface area contributed by atoms with Gasteiger partial charge in [-0.15, -0.1) is 0 Å². The molecule has 0 unspecified atom stereocenters. The van der Waals surface area contributed by atoms with Crippen molar-refractivity contribution in [1.82, 2.24) is 28.9 Å². The van der Waals surface area contributed by atoms with Crippen molar-refractivity contribution in [3.63, 3.8) is 0 Å². The Balaban J connectivity index is 1.35. The summed E-state index contributed by atoms with van der Waals surface area (Å²) in [5, 5.41) is 0. The fourth-order valence-electron chi connectivity index (χ4n) is 6.16. The molecular formula is C30H40N6. The van der Waals surface area contributed by atoms with E-state index in [1.54, 1.807) is 0 Å². The topological polar surface area (TPSA) is 42.1 Å². The van der Waals surface area contributed by atoms with E-state index in [9.17, 15) is 0 Å². The molecule has 4 heterocycles. The van der Waals surface area contributed by atoms with Gasteiger partial charge in [-0.25, -0.2) is 4.98 Å². The summed E-state index contributed by atoms with van der Waals surface area (Å²) < 4.78 is 4.65. The molecule has 1 aliphatic carbocycles. The number of hydrogen-bond donors (Lipinski definition) is 0. The van der Waals surface area contributed by atoms with Crippen molar-refractivity contribution >= 4 is 12.2 Å². The second-order valence-corrected chi connectivity index (χ2v) is 10.5. The van der Waals surface area contributed by atoms with Crippen LogP contribution in [0.1, 0.15) is 65.9 Å². The van der Waals surface area contributed by atoms with Gasteiger partial charge in [0, 0.05) is 44.8 Å². The molecule has 36 heavy (non-hydrogen) atoms. The highest BCUT2D eigenvalue weighted by Gasteiger charge is 2.28. The molecule has 190 valence electrons. The van der Waals surface area contributed by atoms with Gasteiger partial charge in [0.25, 0.3) is 0 Å². The van der Waals surface area contributed by atoms with Gasteiger partial charge >= 0.3 is 0 Å². The van der Waals surface area contributed by atoms with Crippen molar-refractivity contribution < 1.29 is 0 Å². The van der Waals surface area contributed by atoms with Crippen LogP contribution in [0.25, 0.3) is 12.2 Å². The number of pyridine rings is 1. The van der Waals surface area contributed by atoms with Crippen molar-refractivity contribution in [1.29, 1.82) is 0 Å². The van der Waals surface area contributed by atoms with Crippen LogP contribution in [0.4, 0.5) is 0 Å². The van der Waals surface area contributed by atoms with Gasteiger partial charge < -0.3 is 9.13 Å². The maximum Gasteiger partial charge on any atom is 0.124 e. The Morgan fingerprint density at radius 1 is 1.14 bits per heavy atom. The minimum absolute atomic E-state index is 0.329. The third-order valence-electron chi connectivity index (χ3n) is 8.07. The van der Waals surface area contributed by atoms with Gasteiger partial charge in [-0.05, 0) is 87.5 Å². The summed E-state index contributed by atoms with van der Waals surface area (Å²) in [6.45, 7) is 13.2. The molecular weight excluding hydrogens is 444 g/mol. The minimum atomic E-state index is 0.329. The Labute approximate surface area is 216 Å². The molecule has 0 saturated carbocycles. The fourth-order valence-corrected chi connectivity index (χ4v) is 6.16. The first kappa shape index (κ1) is 24.7. The molecule has 3 aromatic heterocycles. The molecule has 6 heteroatoms. The molecule has 5 rings (SSSR count). The highest BCUT2D eigenvalue weighted by Crippen LogP contribution is 2.33. The van der Waals surface area contributed by atoms with E-state index in [2.05, 4.69) is 76.6 Å². The van der Waals surface area contributed by atoms with Gasteiger partial charge in [-0.3, -0.25) is 14.8 Å². The van der Waals surface area contributed by atoms with Crippen molar-refractivity contribution in [2.75, 3.05) is 20.1 Å². The number of piperidine rings is 1. The van der Waals surface area contributed by atoms with Crippen LogP contribution in [0.3, 0.4) is 0 Å². The molecule has 0 N–H and O–H groups in total. The number of hydrogen-bond acceptors (Lipinski definition) is 4.